The minimum absolute atomic E-state index is 0.169. The third-order valence-corrected chi connectivity index (χ3v) is 17.8. The van der Waals surface area contributed by atoms with E-state index in [1.165, 1.54) is 38.5 Å². The van der Waals surface area contributed by atoms with E-state index in [2.05, 4.69) is 65.2 Å². The second kappa shape index (κ2) is 34.1. The van der Waals surface area contributed by atoms with Crippen molar-refractivity contribution in [2.45, 2.75) is 221 Å². The van der Waals surface area contributed by atoms with Crippen LogP contribution in [0.5, 0.6) is 11.5 Å². The first-order chi connectivity index (χ1) is 40.2. The number of rotatable bonds is 38. The van der Waals surface area contributed by atoms with Gasteiger partial charge in [-0.2, -0.15) is 0 Å². The highest BCUT2D eigenvalue weighted by atomic mass is 32.1. The van der Waals surface area contributed by atoms with Gasteiger partial charge in [-0.15, -0.1) is 22.7 Å². The summed E-state index contributed by atoms with van der Waals surface area (Å²) in [4.78, 5) is 68.8. The minimum Gasteiger partial charge on any atom is -0.492 e. The molecule has 0 unspecified atom stereocenters. The zero-order chi connectivity index (χ0) is 58.1. The Balaban J connectivity index is 1.38. The molecule has 0 aliphatic carbocycles. The number of hydrogen-bond acceptors (Lipinski definition) is 8. The Hall–Kier alpha value is -5.82. The average molecular weight is 1150 g/mol. The molecule has 1 aromatic carbocycles. The second-order valence-corrected chi connectivity index (χ2v) is 24.4. The smallest absolute Gasteiger partial charge is 0.262 e. The highest BCUT2D eigenvalue weighted by Crippen LogP contribution is 2.47. The summed E-state index contributed by atoms with van der Waals surface area (Å²) in [5.41, 5.74) is 5.12. The molecule has 12 heteroatoms. The summed E-state index contributed by atoms with van der Waals surface area (Å²) in [5.74, 6) is 14.3. The average Bonchev–Trinajstić information content (AvgIpc) is 2.18. The van der Waals surface area contributed by atoms with Crippen LogP contribution in [0.15, 0.2) is 80.8 Å². The van der Waals surface area contributed by atoms with Gasteiger partial charge in [0.15, 0.2) is 0 Å². The van der Waals surface area contributed by atoms with Gasteiger partial charge in [-0.1, -0.05) is 207 Å². The summed E-state index contributed by atoms with van der Waals surface area (Å²) in [5, 5.41) is 4.01. The molecule has 0 saturated carbocycles. The van der Waals surface area contributed by atoms with Gasteiger partial charge < -0.3 is 29.1 Å². The molecule has 0 saturated heterocycles. The molecule has 4 aliphatic heterocycles. The maximum absolute atomic E-state index is 14.9. The van der Waals surface area contributed by atoms with Crippen molar-refractivity contribution in [1.82, 2.24) is 19.6 Å². The Morgan fingerprint density at radius 2 is 0.671 bits per heavy atom. The highest BCUT2D eigenvalue weighted by molar-refractivity contribution is 7.11. The number of allylic oxidation sites excluding steroid dienone is 2. The van der Waals surface area contributed by atoms with E-state index in [4.69, 9.17) is 9.47 Å². The van der Waals surface area contributed by atoms with Gasteiger partial charge in [-0.3, -0.25) is 19.2 Å². The third-order valence-electron chi connectivity index (χ3n) is 16.0. The molecular formula is C70H94N4O6S2. The van der Waals surface area contributed by atoms with E-state index in [0.717, 1.165) is 151 Å². The molecule has 7 rings (SSSR count). The molecule has 0 atom stereocenters. The zero-order valence-electron chi connectivity index (χ0n) is 50.7. The van der Waals surface area contributed by atoms with Gasteiger partial charge >= 0.3 is 0 Å². The number of ether oxygens (including phenoxy) is 2. The van der Waals surface area contributed by atoms with Crippen molar-refractivity contribution in [3.63, 3.8) is 0 Å². The van der Waals surface area contributed by atoms with Crippen LogP contribution in [0.3, 0.4) is 0 Å². The molecule has 0 radical (unpaired) electrons. The maximum atomic E-state index is 14.9. The molecule has 4 aliphatic rings. The fraction of sp³-hybridized carbons (Fsp3) is 0.571. The third kappa shape index (κ3) is 16.3. The molecular weight excluding hydrogens is 1060 g/mol. The largest absolute Gasteiger partial charge is 0.492 e. The van der Waals surface area contributed by atoms with Gasteiger partial charge in [0.25, 0.3) is 23.6 Å². The standard InChI is InChI=1S/C70H94N4O6S2/c1-7-13-19-25-27-33-47-79-57-51-54(40-42-56-62-64(70(78)72(56)44-30-22-16-10-4)66(60-38-36-50-82-60)74(68(62)76)46-32-24-18-12-6)58(80-48-34-28-26-20-14-8-2)52-53(57)39-41-55-61-63(69(77)71(55)43-29-21-15-9-3)65(59-37-35-49-81-59)73(67(61)75)45-31-23-17-11-5/h35-38,49-52H,7-34,43-48H2,1-6H3. The van der Waals surface area contributed by atoms with Gasteiger partial charge in [0, 0.05) is 38.3 Å². The second-order valence-electron chi connectivity index (χ2n) is 22.5. The molecule has 0 bridgehead atoms. The fourth-order valence-corrected chi connectivity index (χ4v) is 13.0. The SMILES string of the molecule is CCCCCCCCOc1cc(C#CC2=C3C(=O)N(CCCCCC)C(c4cccs4)=C3C(=O)N2CCCCCC)c(OCCCCCCCC)cc1C#CC1=C2C(=O)N(CCCCCC)C(c3cccs3)=C2C(=O)N1CCCCCC. The lowest BCUT2D eigenvalue weighted by Gasteiger charge is -2.23. The molecule has 4 amide bonds. The summed E-state index contributed by atoms with van der Waals surface area (Å²) >= 11 is 3.10. The number of amides is 4. The quantitative estimate of drug-likeness (QED) is 0.0419. The number of nitrogens with zero attached hydrogens (tertiary/aromatic N) is 4. The normalized spacial score (nSPS) is 15.0. The minimum atomic E-state index is -0.169. The van der Waals surface area contributed by atoms with E-state index in [1.807, 2.05) is 57.0 Å². The van der Waals surface area contributed by atoms with Crippen LogP contribution < -0.4 is 9.47 Å². The van der Waals surface area contributed by atoms with Crippen molar-refractivity contribution in [2.24, 2.45) is 0 Å². The lowest BCUT2D eigenvalue weighted by molar-refractivity contribution is -0.124. The van der Waals surface area contributed by atoms with Gasteiger partial charge in [0.1, 0.15) is 22.9 Å². The lowest BCUT2D eigenvalue weighted by Crippen LogP contribution is -2.31. The number of carbonyl (C=O) groups excluding carboxylic acids is 4. The van der Waals surface area contributed by atoms with Gasteiger partial charge in [-0.25, -0.2) is 0 Å². The predicted molar refractivity (Wildman–Crippen MR) is 338 cm³/mol. The van der Waals surface area contributed by atoms with Crippen LogP contribution in [-0.4, -0.2) is 82.6 Å². The summed E-state index contributed by atoms with van der Waals surface area (Å²) in [6, 6.07) is 11.8. The van der Waals surface area contributed by atoms with Crippen molar-refractivity contribution >= 4 is 57.7 Å². The Kier molecular flexibility index (Phi) is 26.5. The Labute approximate surface area is 500 Å². The van der Waals surface area contributed by atoms with Crippen LogP contribution in [-0.2, 0) is 19.2 Å². The predicted octanol–water partition coefficient (Wildman–Crippen LogP) is 17.0. The number of benzene rings is 1. The van der Waals surface area contributed by atoms with Crippen molar-refractivity contribution in [2.75, 3.05) is 39.4 Å². The van der Waals surface area contributed by atoms with E-state index in [0.29, 0.717) is 107 Å². The van der Waals surface area contributed by atoms with E-state index in [-0.39, 0.29) is 23.6 Å². The van der Waals surface area contributed by atoms with Crippen LogP contribution in [0.25, 0.3) is 11.4 Å². The molecule has 0 spiro atoms. The van der Waals surface area contributed by atoms with Crippen molar-refractivity contribution < 1.29 is 28.7 Å². The molecule has 0 N–H and O–H groups in total. The first-order valence-corrected chi connectivity index (χ1v) is 33.8. The van der Waals surface area contributed by atoms with Gasteiger partial charge in [-0.05, 0) is 73.3 Å². The molecule has 2 aromatic heterocycles. The highest BCUT2D eigenvalue weighted by Gasteiger charge is 2.50. The number of hydrogen-bond donors (Lipinski definition) is 0. The lowest BCUT2D eigenvalue weighted by atomic mass is 10.1. The first-order valence-electron chi connectivity index (χ1n) is 32.0. The molecule has 10 nitrogen and oxygen atoms in total. The number of carbonyl (C=O) groups is 4. The van der Waals surface area contributed by atoms with Crippen molar-refractivity contribution in [3.05, 3.63) is 102 Å². The van der Waals surface area contributed by atoms with Crippen LogP contribution in [0.1, 0.15) is 242 Å². The Morgan fingerprint density at radius 1 is 0.366 bits per heavy atom. The topological polar surface area (TPSA) is 99.7 Å². The number of fused-ring (bicyclic) bond motifs is 2. The molecule has 6 heterocycles. The van der Waals surface area contributed by atoms with Crippen LogP contribution >= 0.6 is 22.7 Å². The monoisotopic (exact) mass is 1150 g/mol. The molecule has 0 fully saturated rings. The van der Waals surface area contributed by atoms with Gasteiger partial charge in [0.2, 0.25) is 0 Å². The maximum Gasteiger partial charge on any atom is 0.262 e. The van der Waals surface area contributed by atoms with Crippen LogP contribution in [0, 0.1) is 23.7 Å². The number of unbranched alkanes of at least 4 members (excludes halogenated alkanes) is 22. The molecule has 82 heavy (non-hydrogen) atoms. The van der Waals surface area contributed by atoms with Crippen molar-refractivity contribution in [1.29, 1.82) is 0 Å². The first kappa shape index (κ1) is 63.8. The summed E-state index contributed by atoms with van der Waals surface area (Å²) < 4.78 is 13.6. The number of thiophene rings is 2. The zero-order valence-corrected chi connectivity index (χ0v) is 52.3. The van der Waals surface area contributed by atoms with Crippen molar-refractivity contribution in [3.8, 4) is 35.2 Å². The fourth-order valence-electron chi connectivity index (χ4n) is 11.4. The Morgan fingerprint density at radius 3 is 1.00 bits per heavy atom. The van der Waals surface area contributed by atoms with E-state index < -0.39 is 0 Å². The van der Waals surface area contributed by atoms with Crippen LogP contribution in [0.4, 0.5) is 0 Å². The summed E-state index contributed by atoms with van der Waals surface area (Å²) in [6.07, 6.45) is 28.9. The molecule has 442 valence electrons. The van der Waals surface area contributed by atoms with E-state index >= 15 is 0 Å². The van der Waals surface area contributed by atoms with E-state index in [9.17, 15) is 19.2 Å². The van der Waals surface area contributed by atoms with E-state index in [1.54, 1.807) is 32.5 Å². The van der Waals surface area contributed by atoms with Gasteiger partial charge in [0.05, 0.1) is 67.8 Å². The Bertz CT molecular complexity index is 2670. The summed E-state index contributed by atoms with van der Waals surface area (Å²) in [6.45, 7) is 16.1. The summed E-state index contributed by atoms with van der Waals surface area (Å²) in [7, 11) is 0. The molecule has 3 aromatic rings. The van der Waals surface area contributed by atoms with Crippen LogP contribution in [0.2, 0.25) is 0 Å².